The van der Waals surface area contributed by atoms with Crippen LogP contribution >= 0.6 is 0 Å². The van der Waals surface area contributed by atoms with Crippen molar-refractivity contribution in [2.24, 2.45) is 11.8 Å². The number of carbonyl (C=O) groups is 4. The number of amides is 2. The molecule has 0 radical (unpaired) electrons. The topological polar surface area (TPSA) is 90.0 Å². The van der Waals surface area contributed by atoms with Crippen molar-refractivity contribution in [3.63, 3.8) is 0 Å². The fourth-order valence-electron chi connectivity index (χ4n) is 6.86. The fourth-order valence-corrected chi connectivity index (χ4v) is 6.86. The molecular formula is C37H44N4O4. The molecule has 3 aromatic rings. The van der Waals surface area contributed by atoms with Crippen LogP contribution in [0.5, 0.6) is 0 Å². The van der Waals surface area contributed by atoms with Gasteiger partial charge in [-0.1, -0.05) is 78.9 Å². The van der Waals surface area contributed by atoms with Crippen molar-refractivity contribution in [3.8, 4) is 0 Å². The summed E-state index contributed by atoms with van der Waals surface area (Å²) in [5, 5.41) is 3.05. The highest BCUT2D eigenvalue weighted by atomic mass is 16.2. The van der Waals surface area contributed by atoms with Crippen LogP contribution in [0.2, 0.25) is 0 Å². The van der Waals surface area contributed by atoms with Crippen molar-refractivity contribution in [1.29, 1.82) is 0 Å². The van der Waals surface area contributed by atoms with Gasteiger partial charge in [-0.25, -0.2) is 0 Å². The number of nitrogens with one attached hydrogen (secondary N) is 1. The number of benzene rings is 3. The molecule has 236 valence electrons. The molecule has 8 heteroatoms. The Bertz CT molecular complexity index is 1440. The smallest absolute Gasteiger partial charge is 0.234 e. The van der Waals surface area contributed by atoms with Crippen molar-refractivity contribution in [2.45, 2.75) is 26.7 Å². The number of hydrogen-bond donors (Lipinski definition) is 1. The van der Waals surface area contributed by atoms with Crippen LogP contribution in [0.1, 0.15) is 50.2 Å². The van der Waals surface area contributed by atoms with E-state index in [1.165, 1.54) is 0 Å². The first-order chi connectivity index (χ1) is 21.7. The second-order valence-electron chi connectivity index (χ2n) is 12.4. The quantitative estimate of drug-likeness (QED) is 0.351. The van der Waals surface area contributed by atoms with Gasteiger partial charge >= 0.3 is 0 Å². The van der Waals surface area contributed by atoms with E-state index in [1.54, 1.807) is 6.92 Å². The van der Waals surface area contributed by atoms with Crippen molar-refractivity contribution < 1.29 is 19.2 Å². The highest BCUT2D eigenvalue weighted by Crippen LogP contribution is 2.42. The first kappa shape index (κ1) is 32.3. The number of carbonyl (C=O) groups excluding carboxylic acids is 4. The van der Waals surface area contributed by atoms with Crippen LogP contribution < -0.4 is 5.32 Å². The third-order valence-electron chi connectivity index (χ3n) is 9.51. The number of likely N-dealkylation sites (tertiary alicyclic amines) is 1. The zero-order valence-electron chi connectivity index (χ0n) is 26.6. The lowest BCUT2D eigenvalue weighted by Gasteiger charge is -2.43. The van der Waals surface area contributed by atoms with Crippen LogP contribution in [0.25, 0.3) is 0 Å². The third-order valence-corrected chi connectivity index (χ3v) is 9.51. The molecule has 2 fully saturated rings. The molecule has 0 aliphatic carbocycles. The Morgan fingerprint density at radius 3 is 1.80 bits per heavy atom. The summed E-state index contributed by atoms with van der Waals surface area (Å²) in [6, 6.07) is 24.7. The van der Waals surface area contributed by atoms with Crippen LogP contribution in [0.3, 0.4) is 0 Å². The van der Waals surface area contributed by atoms with Crippen molar-refractivity contribution in [1.82, 2.24) is 20.0 Å². The van der Waals surface area contributed by atoms with Gasteiger partial charge in [0.15, 0.2) is 11.6 Å². The summed E-state index contributed by atoms with van der Waals surface area (Å²) in [5.41, 5.74) is 4.45. The second kappa shape index (κ2) is 14.8. The lowest BCUT2D eigenvalue weighted by molar-refractivity contribution is -0.130. The number of hydrogen-bond acceptors (Lipinski definition) is 6. The van der Waals surface area contributed by atoms with Gasteiger partial charge in [-0.15, -0.1) is 0 Å². The Morgan fingerprint density at radius 2 is 1.27 bits per heavy atom. The second-order valence-corrected chi connectivity index (χ2v) is 12.4. The largest absolute Gasteiger partial charge is 0.354 e. The fraction of sp³-hybridized carbons (Fsp3) is 0.405. The van der Waals surface area contributed by atoms with E-state index in [0.29, 0.717) is 50.4 Å². The lowest BCUT2D eigenvalue weighted by Crippen LogP contribution is -2.53. The number of rotatable bonds is 10. The molecule has 2 heterocycles. The maximum absolute atomic E-state index is 14.3. The average Bonchev–Trinajstić information content (AvgIpc) is 3.06. The third kappa shape index (κ3) is 7.75. The van der Waals surface area contributed by atoms with E-state index in [2.05, 4.69) is 36.2 Å². The molecule has 2 saturated heterocycles. The standard InChI is InChI=1S/C37H44N4O4/c1-26-11-10-16-31(27(26)2)35-32(36(44)29-12-6-4-7-13-29)23-40(24-33(35)37(45)30-14-8-5-9-15-30)25-34(43)38-17-18-39-19-21-41(22-20-39)28(3)42/h4-16,32-33,35H,17-25H2,1-3H3,(H,38,43). The van der Waals surface area contributed by atoms with Crippen LogP contribution in [0, 0.1) is 25.7 Å². The first-order valence-corrected chi connectivity index (χ1v) is 15.9. The number of aryl methyl sites for hydroxylation is 1. The van der Waals surface area contributed by atoms with Crippen molar-refractivity contribution in [3.05, 3.63) is 107 Å². The number of piperazine rings is 1. The number of nitrogens with zero attached hydrogens (tertiary/aromatic N) is 3. The monoisotopic (exact) mass is 608 g/mol. The van der Waals surface area contributed by atoms with E-state index in [4.69, 9.17) is 0 Å². The van der Waals surface area contributed by atoms with Gasteiger partial charge in [0.25, 0.3) is 0 Å². The first-order valence-electron chi connectivity index (χ1n) is 15.9. The molecule has 0 aromatic heterocycles. The van der Waals surface area contributed by atoms with Crippen molar-refractivity contribution in [2.75, 3.05) is 58.9 Å². The zero-order chi connectivity index (χ0) is 31.9. The summed E-state index contributed by atoms with van der Waals surface area (Å²) < 4.78 is 0. The van der Waals surface area contributed by atoms with E-state index >= 15 is 0 Å². The Kier molecular flexibility index (Phi) is 10.6. The van der Waals surface area contributed by atoms with Crippen LogP contribution in [-0.4, -0.2) is 97.0 Å². The molecule has 2 aliphatic rings. The van der Waals surface area contributed by atoms with E-state index in [9.17, 15) is 19.2 Å². The Hall–Kier alpha value is -4.14. The Morgan fingerprint density at radius 1 is 0.711 bits per heavy atom. The zero-order valence-corrected chi connectivity index (χ0v) is 26.6. The van der Waals surface area contributed by atoms with Gasteiger partial charge < -0.3 is 10.2 Å². The Labute approximate surface area is 266 Å². The SMILES string of the molecule is CC(=O)N1CCN(CCNC(=O)CN2CC(C(=O)c3ccccc3)C(c3cccc(C)c3C)C(C(=O)c3ccccc3)C2)CC1. The van der Waals surface area contributed by atoms with E-state index < -0.39 is 11.8 Å². The highest BCUT2D eigenvalue weighted by molar-refractivity contribution is 6.02. The number of piperidine rings is 1. The highest BCUT2D eigenvalue weighted by Gasteiger charge is 2.45. The predicted molar refractivity (Wildman–Crippen MR) is 175 cm³/mol. The molecule has 2 unspecified atom stereocenters. The molecule has 2 amide bonds. The molecule has 0 bridgehead atoms. The molecule has 0 spiro atoms. The molecule has 0 saturated carbocycles. The van der Waals surface area contributed by atoms with Crippen molar-refractivity contribution >= 4 is 23.4 Å². The average molecular weight is 609 g/mol. The van der Waals surface area contributed by atoms with Gasteiger partial charge in [0.1, 0.15) is 0 Å². The molecule has 2 atom stereocenters. The minimum atomic E-state index is -0.510. The van der Waals surface area contributed by atoms with E-state index in [1.807, 2.05) is 76.5 Å². The maximum Gasteiger partial charge on any atom is 0.234 e. The molecule has 5 rings (SSSR count). The summed E-state index contributed by atoms with van der Waals surface area (Å²) in [6.45, 7) is 10.8. The minimum Gasteiger partial charge on any atom is -0.354 e. The molecule has 8 nitrogen and oxygen atoms in total. The van der Waals surface area contributed by atoms with Gasteiger partial charge in [-0.2, -0.15) is 0 Å². The summed E-state index contributed by atoms with van der Waals surface area (Å²) >= 11 is 0. The van der Waals surface area contributed by atoms with Gasteiger partial charge in [-0.05, 0) is 30.5 Å². The number of ketones is 2. The summed E-state index contributed by atoms with van der Waals surface area (Å²) in [7, 11) is 0. The predicted octanol–water partition coefficient (Wildman–Crippen LogP) is 3.98. The summed E-state index contributed by atoms with van der Waals surface area (Å²) in [5.74, 6) is -1.41. The van der Waals surface area contributed by atoms with E-state index in [0.717, 1.165) is 29.8 Å². The van der Waals surface area contributed by atoms with E-state index in [-0.39, 0.29) is 35.8 Å². The molecule has 45 heavy (non-hydrogen) atoms. The van der Waals surface area contributed by atoms with Gasteiger partial charge in [-0.3, -0.25) is 29.0 Å². The van der Waals surface area contributed by atoms with Crippen LogP contribution in [0.4, 0.5) is 0 Å². The summed E-state index contributed by atoms with van der Waals surface area (Å²) in [4.78, 5) is 59.5. The van der Waals surface area contributed by atoms with Gasteiger partial charge in [0.2, 0.25) is 11.8 Å². The molecule has 2 aliphatic heterocycles. The minimum absolute atomic E-state index is 0.0119. The molecule has 3 aromatic carbocycles. The maximum atomic E-state index is 14.3. The summed E-state index contributed by atoms with van der Waals surface area (Å²) in [6.07, 6.45) is 0. The molecular weight excluding hydrogens is 564 g/mol. The van der Waals surface area contributed by atoms with Crippen LogP contribution in [0.15, 0.2) is 78.9 Å². The normalized spacial score (nSPS) is 20.9. The lowest BCUT2D eigenvalue weighted by atomic mass is 9.67. The van der Waals surface area contributed by atoms with Gasteiger partial charge in [0.05, 0.1) is 6.54 Å². The van der Waals surface area contributed by atoms with Gasteiger partial charge in [0, 0.05) is 88.2 Å². The number of Topliss-reactive ketones (excluding diaryl/α,β-unsaturated/α-hetero) is 2. The molecule has 1 N–H and O–H groups in total. The van der Waals surface area contributed by atoms with Crippen LogP contribution in [-0.2, 0) is 9.59 Å². The Balaban J connectivity index is 1.38.